The van der Waals surface area contributed by atoms with Gasteiger partial charge >= 0.3 is 0 Å². The number of hydrogen-bond acceptors (Lipinski definition) is 2. The van der Waals surface area contributed by atoms with Crippen LogP contribution in [0.3, 0.4) is 0 Å². The van der Waals surface area contributed by atoms with Gasteiger partial charge in [0.25, 0.3) is 0 Å². The van der Waals surface area contributed by atoms with Crippen molar-refractivity contribution in [3.63, 3.8) is 0 Å². The molecule has 2 aromatic carbocycles. The predicted octanol–water partition coefficient (Wildman–Crippen LogP) is 4.14. The molecule has 0 aliphatic carbocycles. The smallest absolute Gasteiger partial charge is 0.207 e. The molecule has 1 N–H and O–H groups in total. The Hall–Kier alpha value is -0.760. The van der Waals surface area contributed by atoms with Gasteiger partial charge in [0.1, 0.15) is 5.82 Å². The van der Waals surface area contributed by atoms with Gasteiger partial charge in [-0.15, -0.1) is 0 Å². The third kappa shape index (κ3) is 4.12. The maximum Gasteiger partial charge on any atom is 0.242 e. The lowest BCUT2D eigenvalue weighted by atomic mass is 10.2. The highest BCUT2D eigenvalue weighted by molar-refractivity contribution is 9.11. The highest BCUT2D eigenvalue weighted by Gasteiger charge is 2.18. The van der Waals surface area contributed by atoms with E-state index in [0.29, 0.717) is 14.5 Å². The first-order valence-corrected chi connectivity index (χ1v) is 9.06. The van der Waals surface area contributed by atoms with Gasteiger partial charge in [0.15, 0.2) is 0 Å². The number of nitrogens with one attached hydrogen (secondary N) is 1. The van der Waals surface area contributed by atoms with E-state index in [2.05, 4.69) is 36.6 Å². The van der Waals surface area contributed by atoms with Crippen LogP contribution in [0.1, 0.15) is 11.1 Å². The second kappa shape index (κ2) is 6.56. The molecule has 0 unspecified atom stereocenters. The van der Waals surface area contributed by atoms with Crippen molar-refractivity contribution in [2.45, 2.75) is 18.4 Å². The van der Waals surface area contributed by atoms with Gasteiger partial charge in [0, 0.05) is 15.5 Å². The molecule has 0 bridgehead atoms. The van der Waals surface area contributed by atoms with E-state index in [9.17, 15) is 12.8 Å². The summed E-state index contributed by atoms with van der Waals surface area (Å²) in [4.78, 5) is 0.155. The van der Waals surface area contributed by atoms with Crippen molar-refractivity contribution in [3.05, 3.63) is 62.3 Å². The molecule has 0 aromatic heterocycles. The maximum absolute atomic E-state index is 12.8. The number of halogens is 3. The van der Waals surface area contributed by atoms with E-state index in [1.807, 2.05) is 6.92 Å². The summed E-state index contributed by atoms with van der Waals surface area (Å²) in [7, 11) is -3.66. The lowest BCUT2D eigenvalue weighted by Gasteiger charge is -2.10. The Kier molecular flexibility index (Phi) is 5.19. The summed E-state index contributed by atoms with van der Waals surface area (Å²) in [6, 6.07) is 8.95. The van der Waals surface area contributed by atoms with Crippen LogP contribution in [0.4, 0.5) is 4.39 Å². The Bertz CT molecular complexity index is 761. The predicted molar refractivity (Wildman–Crippen MR) is 87.0 cm³/mol. The van der Waals surface area contributed by atoms with Crippen LogP contribution in [-0.2, 0) is 16.6 Å². The minimum Gasteiger partial charge on any atom is -0.207 e. The SMILES string of the molecule is Cc1cc(Br)c(S(=O)(=O)NCc2ccc(F)cc2)cc1Br. The standard InChI is InChI=1S/C14H12Br2FNO2S/c1-9-6-13(16)14(7-12(9)15)21(19,20)18-8-10-2-4-11(17)5-3-10/h2-7,18H,8H2,1H3. The third-order valence-electron chi connectivity index (χ3n) is 2.88. The minimum absolute atomic E-state index is 0.0978. The minimum atomic E-state index is -3.66. The number of rotatable bonds is 4. The zero-order valence-electron chi connectivity index (χ0n) is 11.0. The topological polar surface area (TPSA) is 46.2 Å². The molecule has 0 fully saturated rings. The van der Waals surface area contributed by atoms with E-state index in [4.69, 9.17) is 0 Å². The van der Waals surface area contributed by atoms with Crippen molar-refractivity contribution in [3.8, 4) is 0 Å². The molecule has 0 heterocycles. The largest absolute Gasteiger partial charge is 0.242 e. The highest BCUT2D eigenvalue weighted by Crippen LogP contribution is 2.28. The summed E-state index contributed by atoms with van der Waals surface area (Å²) in [5.41, 5.74) is 1.61. The van der Waals surface area contributed by atoms with Crippen molar-refractivity contribution in [2.75, 3.05) is 0 Å². The van der Waals surface area contributed by atoms with E-state index >= 15 is 0 Å². The van der Waals surface area contributed by atoms with Crippen LogP contribution < -0.4 is 4.72 Å². The Labute approximate surface area is 139 Å². The van der Waals surface area contributed by atoms with Gasteiger partial charge in [-0.2, -0.15) is 0 Å². The van der Waals surface area contributed by atoms with Crippen molar-refractivity contribution in [1.82, 2.24) is 4.72 Å². The van der Waals surface area contributed by atoms with E-state index in [1.54, 1.807) is 12.1 Å². The first kappa shape index (κ1) is 16.6. The van der Waals surface area contributed by atoms with E-state index < -0.39 is 10.0 Å². The zero-order chi connectivity index (χ0) is 15.6. The first-order valence-electron chi connectivity index (χ1n) is 5.99. The molecule has 0 atom stereocenters. The second-order valence-corrected chi connectivity index (χ2v) is 7.93. The summed E-state index contributed by atoms with van der Waals surface area (Å²) in [6.07, 6.45) is 0. The highest BCUT2D eigenvalue weighted by atomic mass is 79.9. The third-order valence-corrected chi connectivity index (χ3v) is 6.10. The summed E-state index contributed by atoms with van der Waals surface area (Å²) in [6.45, 7) is 1.97. The molecule has 0 saturated heterocycles. The molecule has 2 rings (SSSR count). The van der Waals surface area contributed by atoms with E-state index in [-0.39, 0.29) is 17.3 Å². The van der Waals surface area contributed by atoms with E-state index in [0.717, 1.165) is 5.56 Å². The van der Waals surface area contributed by atoms with Gasteiger partial charge in [-0.1, -0.05) is 28.1 Å². The van der Waals surface area contributed by atoms with Gasteiger partial charge in [0.05, 0.1) is 4.90 Å². The Morgan fingerprint density at radius 1 is 1.10 bits per heavy atom. The molecule has 2 aromatic rings. The Balaban J connectivity index is 2.22. The average molecular weight is 437 g/mol. The molecule has 21 heavy (non-hydrogen) atoms. The van der Waals surface area contributed by atoms with Crippen LogP contribution in [0, 0.1) is 12.7 Å². The van der Waals surface area contributed by atoms with Crippen LogP contribution in [0.15, 0.2) is 50.2 Å². The molecule has 0 amide bonds. The molecule has 0 saturated carbocycles. The molecule has 0 aliphatic heterocycles. The molecule has 3 nitrogen and oxygen atoms in total. The quantitative estimate of drug-likeness (QED) is 0.782. The molecular formula is C14H12Br2FNO2S. The monoisotopic (exact) mass is 435 g/mol. The first-order chi connectivity index (χ1) is 9.79. The molecule has 112 valence electrons. The maximum atomic E-state index is 12.8. The molecule has 0 spiro atoms. The fourth-order valence-electron chi connectivity index (χ4n) is 1.69. The molecule has 0 aliphatic rings. The average Bonchev–Trinajstić information content (AvgIpc) is 2.42. The Morgan fingerprint density at radius 2 is 1.71 bits per heavy atom. The lowest BCUT2D eigenvalue weighted by molar-refractivity contribution is 0.580. The van der Waals surface area contributed by atoms with Crippen molar-refractivity contribution in [1.29, 1.82) is 0 Å². The normalized spacial score (nSPS) is 11.6. The summed E-state index contributed by atoms with van der Waals surface area (Å²) in [5.74, 6) is -0.355. The molecular weight excluding hydrogens is 425 g/mol. The van der Waals surface area contributed by atoms with Crippen LogP contribution in [0.5, 0.6) is 0 Å². The van der Waals surface area contributed by atoms with Gasteiger partial charge in [-0.25, -0.2) is 17.5 Å². The van der Waals surface area contributed by atoms with Gasteiger partial charge < -0.3 is 0 Å². The summed E-state index contributed by atoms with van der Waals surface area (Å²) in [5, 5.41) is 0. The van der Waals surface area contributed by atoms with Crippen molar-refractivity contribution < 1.29 is 12.8 Å². The lowest BCUT2D eigenvalue weighted by Crippen LogP contribution is -2.23. The van der Waals surface area contributed by atoms with Crippen molar-refractivity contribution in [2.24, 2.45) is 0 Å². The summed E-state index contributed by atoms with van der Waals surface area (Å²) >= 11 is 6.59. The number of aryl methyl sites for hydroxylation is 1. The second-order valence-electron chi connectivity index (χ2n) is 4.48. The molecule has 7 heteroatoms. The van der Waals surface area contributed by atoms with Crippen molar-refractivity contribution >= 4 is 41.9 Å². The zero-order valence-corrected chi connectivity index (χ0v) is 15.0. The number of benzene rings is 2. The Morgan fingerprint density at radius 3 is 2.33 bits per heavy atom. The van der Waals surface area contributed by atoms with Crippen LogP contribution in [0.25, 0.3) is 0 Å². The summed E-state index contributed by atoms with van der Waals surface area (Å²) < 4.78 is 41.2. The van der Waals surface area contributed by atoms with Gasteiger partial charge in [-0.05, 0) is 58.2 Å². The van der Waals surface area contributed by atoms with Crippen LogP contribution >= 0.6 is 31.9 Å². The van der Waals surface area contributed by atoms with Crippen LogP contribution in [0.2, 0.25) is 0 Å². The number of sulfonamides is 1. The number of hydrogen-bond donors (Lipinski definition) is 1. The van der Waals surface area contributed by atoms with Crippen LogP contribution in [-0.4, -0.2) is 8.42 Å². The van der Waals surface area contributed by atoms with Gasteiger partial charge in [0.2, 0.25) is 10.0 Å². The fraction of sp³-hybridized carbons (Fsp3) is 0.143. The van der Waals surface area contributed by atoms with Gasteiger partial charge in [-0.3, -0.25) is 0 Å². The fourth-order valence-corrected chi connectivity index (χ4v) is 4.39. The van der Waals surface area contributed by atoms with E-state index in [1.165, 1.54) is 24.3 Å². The molecule has 0 radical (unpaired) electrons.